The third-order valence-electron chi connectivity index (χ3n) is 9.69. The number of methoxy groups -OCH3 is 7. The van der Waals surface area contributed by atoms with E-state index >= 15 is 0 Å². The molecule has 2 atom stereocenters. The lowest BCUT2D eigenvalue weighted by molar-refractivity contribution is 0.0571. The van der Waals surface area contributed by atoms with Gasteiger partial charge in [-0.15, -0.1) is 0 Å². The van der Waals surface area contributed by atoms with E-state index in [1.54, 1.807) is 43.5 Å². The zero-order valence-corrected chi connectivity index (χ0v) is 32.4. The molecule has 0 spiro atoms. The fraction of sp³-hybridized carbons (Fsp3) is 0.357. The molecule has 1 aliphatic heterocycles. The summed E-state index contributed by atoms with van der Waals surface area (Å²) in [4.78, 5) is 47.0. The highest BCUT2D eigenvalue weighted by Gasteiger charge is 2.32. The largest absolute Gasteiger partial charge is 0.495 e. The summed E-state index contributed by atoms with van der Waals surface area (Å²) in [6.07, 6.45) is -2.27. The first-order chi connectivity index (χ1) is 26.7. The zero-order valence-electron chi connectivity index (χ0n) is 32.4. The SMILES string of the molecule is COc1ccc(C(OC)C(=O)c2ccc(C(=O)NCCN3CCN(c4ccccc4OC)CC3)cc2C(=O)C(OC)c2ccc(OC)c(OC)c2)cc1OC. The van der Waals surface area contributed by atoms with E-state index in [4.69, 9.17) is 33.2 Å². The first kappa shape index (κ1) is 40.6. The maximum atomic E-state index is 14.5. The van der Waals surface area contributed by atoms with Crippen LogP contribution in [0, 0.1) is 0 Å². The first-order valence-electron chi connectivity index (χ1n) is 17.8. The molecule has 292 valence electrons. The second-order valence-corrected chi connectivity index (χ2v) is 12.7. The van der Waals surface area contributed by atoms with Gasteiger partial charge in [-0.3, -0.25) is 19.3 Å². The Labute approximate surface area is 322 Å². The monoisotopic (exact) mass is 755 g/mol. The highest BCUT2D eigenvalue weighted by molar-refractivity contribution is 6.13. The van der Waals surface area contributed by atoms with Crippen LogP contribution in [0.1, 0.15) is 54.4 Å². The van der Waals surface area contributed by atoms with Crippen molar-refractivity contribution in [2.24, 2.45) is 0 Å². The number of carbonyl (C=O) groups is 3. The van der Waals surface area contributed by atoms with Crippen LogP contribution in [0.4, 0.5) is 5.69 Å². The van der Waals surface area contributed by atoms with Gasteiger partial charge < -0.3 is 43.4 Å². The molecule has 0 bridgehead atoms. The van der Waals surface area contributed by atoms with Crippen LogP contribution in [-0.4, -0.2) is 111 Å². The van der Waals surface area contributed by atoms with Gasteiger partial charge in [0.05, 0.1) is 41.2 Å². The van der Waals surface area contributed by atoms with Gasteiger partial charge in [-0.05, 0) is 65.7 Å². The Balaban J connectivity index is 1.39. The van der Waals surface area contributed by atoms with Crippen molar-refractivity contribution in [2.45, 2.75) is 12.2 Å². The quantitative estimate of drug-likeness (QED) is 0.130. The molecule has 13 nitrogen and oxygen atoms in total. The van der Waals surface area contributed by atoms with Crippen LogP contribution in [0.3, 0.4) is 0 Å². The van der Waals surface area contributed by atoms with E-state index in [1.807, 2.05) is 18.2 Å². The lowest BCUT2D eigenvalue weighted by Gasteiger charge is -2.36. The summed E-state index contributed by atoms with van der Waals surface area (Å²) in [6.45, 7) is 4.30. The van der Waals surface area contributed by atoms with Crippen LogP contribution in [0.25, 0.3) is 0 Å². The smallest absolute Gasteiger partial charge is 0.251 e. The van der Waals surface area contributed by atoms with Gasteiger partial charge in [0.1, 0.15) is 18.0 Å². The van der Waals surface area contributed by atoms with Gasteiger partial charge in [0, 0.05) is 70.2 Å². The molecule has 4 aromatic carbocycles. The molecular weight excluding hydrogens is 706 g/mol. The molecule has 0 saturated carbocycles. The molecule has 0 aromatic heterocycles. The molecule has 1 fully saturated rings. The summed E-state index contributed by atoms with van der Waals surface area (Å²) in [5, 5.41) is 2.99. The predicted molar refractivity (Wildman–Crippen MR) is 208 cm³/mol. The summed E-state index contributed by atoms with van der Waals surface area (Å²) in [7, 11) is 10.5. The van der Waals surface area contributed by atoms with Crippen LogP contribution in [0.5, 0.6) is 28.7 Å². The third-order valence-corrected chi connectivity index (χ3v) is 9.69. The van der Waals surface area contributed by atoms with Gasteiger partial charge in [-0.2, -0.15) is 0 Å². The number of nitrogens with zero attached hydrogens (tertiary/aromatic N) is 2. The average Bonchev–Trinajstić information content (AvgIpc) is 3.23. The molecule has 2 unspecified atom stereocenters. The van der Waals surface area contributed by atoms with E-state index in [1.165, 1.54) is 60.9 Å². The lowest BCUT2D eigenvalue weighted by atomic mass is 9.89. The Morgan fingerprint density at radius 3 is 1.64 bits per heavy atom. The Morgan fingerprint density at radius 2 is 1.11 bits per heavy atom. The number of nitrogens with one attached hydrogen (secondary N) is 1. The highest BCUT2D eigenvalue weighted by atomic mass is 16.5. The van der Waals surface area contributed by atoms with E-state index in [0.29, 0.717) is 47.2 Å². The van der Waals surface area contributed by atoms with Crippen LogP contribution in [-0.2, 0) is 9.47 Å². The molecule has 1 aliphatic rings. The number of para-hydroxylation sites is 2. The van der Waals surface area contributed by atoms with Crippen molar-refractivity contribution in [3.05, 3.63) is 107 Å². The Kier molecular flexibility index (Phi) is 14.1. The minimum Gasteiger partial charge on any atom is -0.495 e. The van der Waals surface area contributed by atoms with Gasteiger partial charge in [0.2, 0.25) is 0 Å². The summed E-state index contributed by atoms with van der Waals surface area (Å²) in [5.74, 6) is 1.17. The fourth-order valence-electron chi connectivity index (χ4n) is 6.74. The van der Waals surface area contributed by atoms with E-state index < -0.39 is 23.8 Å². The molecule has 13 heteroatoms. The summed E-state index contributed by atoms with van der Waals surface area (Å²) < 4.78 is 38.7. The average molecular weight is 756 g/mol. The number of piperazine rings is 1. The molecule has 1 N–H and O–H groups in total. The van der Waals surface area contributed by atoms with Crippen molar-refractivity contribution in [1.29, 1.82) is 0 Å². The topological polar surface area (TPSA) is 134 Å². The number of ether oxygens (including phenoxy) is 7. The van der Waals surface area contributed by atoms with Gasteiger partial charge >= 0.3 is 0 Å². The van der Waals surface area contributed by atoms with Crippen LogP contribution in [0.2, 0.25) is 0 Å². The first-order valence-corrected chi connectivity index (χ1v) is 17.8. The molecule has 4 aromatic rings. The van der Waals surface area contributed by atoms with Crippen molar-refractivity contribution in [1.82, 2.24) is 10.2 Å². The number of benzene rings is 4. The Hall–Kier alpha value is -5.63. The van der Waals surface area contributed by atoms with Gasteiger partial charge in [-0.1, -0.05) is 24.3 Å². The minimum atomic E-state index is -1.15. The van der Waals surface area contributed by atoms with Crippen molar-refractivity contribution in [3.8, 4) is 28.7 Å². The summed E-state index contributed by atoms with van der Waals surface area (Å²) >= 11 is 0. The second-order valence-electron chi connectivity index (χ2n) is 12.7. The minimum absolute atomic E-state index is 0.00530. The van der Waals surface area contributed by atoms with Crippen LogP contribution >= 0.6 is 0 Å². The summed E-state index contributed by atoms with van der Waals surface area (Å²) in [6, 6.07) is 22.4. The molecular formula is C42H49N3O10. The predicted octanol–water partition coefficient (Wildman–Crippen LogP) is 5.42. The second kappa shape index (κ2) is 19.1. The number of ketones is 2. The summed E-state index contributed by atoms with van der Waals surface area (Å²) in [5.41, 5.74) is 2.27. The molecule has 0 radical (unpaired) electrons. The van der Waals surface area contributed by atoms with E-state index in [2.05, 4.69) is 21.2 Å². The van der Waals surface area contributed by atoms with Gasteiger partial charge in [-0.25, -0.2) is 0 Å². The lowest BCUT2D eigenvalue weighted by Crippen LogP contribution is -2.48. The van der Waals surface area contributed by atoms with Crippen LogP contribution in [0.15, 0.2) is 78.9 Å². The number of rotatable bonds is 18. The number of Topliss-reactive ketones (excluding diaryl/α,β-unsaturated/α-hetero) is 2. The molecule has 1 saturated heterocycles. The van der Waals surface area contributed by atoms with E-state index in [-0.39, 0.29) is 22.6 Å². The number of hydrogen-bond donors (Lipinski definition) is 1. The Bertz CT molecular complexity index is 1960. The molecule has 1 heterocycles. The van der Waals surface area contributed by atoms with Gasteiger partial charge in [0.15, 0.2) is 34.6 Å². The van der Waals surface area contributed by atoms with E-state index in [0.717, 1.165) is 37.6 Å². The molecule has 0 aliphatic carbocycles. The zero-order chi connectivity index (χ0) is 39.5. The molecule has 1 amide bonds. The van der Waals surface area contributed by atoms with E-state index in [9.17, 15) is 14.4 Å². The van der Waals surface area contributed by atoms with Crippen molar-refractivity contribution < 1.29 is 47.5 Å². The third kappa shape index (κ3) is 9.19. The fourth-order valence-corrected chi connectivity index (χ4v) is 6.74. The highest BCUT2D eigenvalue weighted by Crippen LogP contribution is 2.36. The van der Waals surface area contributed by atoms with Crippen molar-refractivity contribution in [3.63, 3.8) is 0 Å². The van der Waals surface area contributed by atoms with Crippen LogP contribution < -0.4 is 33.9 Å². The number of carbonyl (C=O) groups excluding carboxylic acids is 3. The standard InChI is InChI=1S/C42H49N3O10/c1-49-33-11-9-8-10-32(33)45-22-20-44(21-23-45)19-18-43-42(48)29-12-15-30(38(46)40(54-6)27-13-16-34(50-2)36(25-27)52-4)31(24-29)39(47)41(55-7)28-14-17-35(51-3)37(26-28)53-5/h8-17,24-26,40-41H,18-23H2,1-7H3,(H,43,48). The normalized spacial score (nSPS) is 14.1. The van der Waals surface area contributed by atoms with Gasteiger partial charge in [0.25, 0.3) is 5.91 Å². The molecule has 5 rings (SSSR count). The number of hydrogen-bond acceptors (Lipinski definition) is 12. The molecule has 55 heavy (non-hydrogen) atoms. The maximum absolute atomic E-state index is 14.5. The van der Waals surface area contributed by atoms with Crippen molar-refractivity contribution >= 4 is 23.2 Å². The van der Waals surface area contributed by atoms with Crippen molar-refractivity contribution in [2.75, 3.05) is 93.9 Å². The number of amides is 1. The maximum Gasteiger partial charge on any atom is 0.251 e. The number of anilines is 1. The Morgan fingerprint density at radius 1 is 0.582 bits per heavy atom.